The van der Waals surface area contributed by atoms with E-state index < -0.39 is 52.4 Å². The molecule has 3 saturated heterocycles. The van der Waals surface area contributed by atoms with Crippen molar-refractivity contribution in [3.05, 3.63) is 0 Å². The van der Waals surface area contributed by atoms with Crippen molar-refractivity contribution in [1.82, 2.24) is 0 Å². The first-order chi connectivity index (χ1) is 9.68. The van der Waals surface area contributed by atoms with Gasteiger partial charge in [-0.2, -0.15) is 0 Å². The summed E-state index contributed by atoms with van der Waals surface area (Å²) in [7, 11) is 0. The van der Waals surface area contributed by atoms with Crippen LogP contribution in [0, 0.1) is 11.3 Å². The number of fused-ring (bicyclic) bond motifs is 4. The second kappa shape index (κ2) is 3.00. The van der Waals surface area contributed by atoms with Crippen LogP contribution in [0.3, 0.4) is 0 Å². The summed E-state index contributed by atoms with van der Waals surface area (Å²) >= 11 is 0. The summed E-state index contributed by atoms with van der Waals surface area (Å²) in [6.45, 7) is 5.12. The lowest BCUT2D eigenvalue weighted by Crippen LogP contribution is -2.70. The van der Waals surface area contributed by atoms with Crippen molar-refractivity contribution in [2.75, 3.05) is 0 Å². The summed E-state index contributed by atoms with van der Waals surface area (Å²) in [5.74, 6) is -0.900. The van der Waals surface area contributed by atoms with Gasteiger partial charge >= 0.3 is 5.97 Å². The van der Waals surface area contributed by atoms with E-state index in [0.29, 0.717) is 6.42 Å². The van der Waals surface area contributed by atoms with Crippen LogP contribution in [0.15, 0.2) is 0 Å². The fraction of sp³-hybridized carbons (Fsp3) is 0.929. The number of aliphatic hydroxyl groups is 2. The lowest BCUT2D eigenvalue weighted by atomic mass is 9.54. The molecule has 2 saturated carbocycles. The molecule has 2 aliphatic carbocycles. The molecular weight excluding hydrogens is 280 g/mol. The molecule has 116 valence electrons. The third kappa shape index (κ3) is 0.988. The van der Waals surface area contributed by atoms with Crippen LogP contribution in [-0.2, 0) is 24.0 Å². The first kappa shape index (κ1) is 12.8. The number of rotatable bonds is 1. The molecule has 7 heteroatoms. The molecule has 8 atom stereocenters. The molecule has 5 rings (SSSR count). The van der Waals surface area contributed by atoms with Gasteiger partial charge in [0.2, 0.25) is 5.60 Å². The zero-order chi connectivity index (χ0) is 15.0. The molecule has 5 aliphatic rings. The number of hydrogen-bond donors (Lipinski definition) is 2. The summed E-state index contributed by atoms with van der Waals surface area (Å²) in [5, 5.41) is 21.8. The highest BCUT2D eigenvalue weighted by Crippen LogP contribution is 2.76. The Morgan fingerprint density at radius 2 is 2.00 bits per heavy atom. The van der Waals surface area contributed by atoms with Gasteiger partial charge in [0, 0.05) is 6.42 Å². The van der Waals surface area contributed by atoms with Gasteiger partial charge in [0.1, 0.15) is 30.0 Å². The highest BCUT2D eigenvalue weighted by Gasteiger charge is 2.95. The lowest BCUT2D eigenvalue weighted by molar-refractivity contribution is -0.315. The maximum atomic E-state index is 12.3. The van der Waals surface area contributed by atoms with Crippen LogP contribution >= 0.6 is 0 Å². The van der Waals surface area contributed by atoms with E-state index in [1.807, 2.05) is 6.92 Å². The van der Waals surface area contributed by atoms with Gasteiger partial charge in [0.15, 0.2) is 0 Å². The summed E-state index contributed by atoms with van der Waals surface area (Å²) in [5.41, 5.74) is -4.41. The van der Waals surface area contributed by atoms with E-state index in [1.54, 1.807) is 13.8 Å². The second-order valence-corrected chi connectivity index (χ2v) is 7.76. The maximum Gasteiger partial charge on any atom is 0.342 e. The monoisotopic (exact) mass is 298 g/mol. The second-order valence-electron chi connectivity index (χ2n) is 7.76. The highest BCUT2D eigenvalue weighted by molar-refractivity contribution is 5.89. The summed E-state index contributed by atoms with van der Waals surface area (Å²) in [6, 6.07) is 0. The van der Waals surface area contributed by atoms with Crippen LogP contribution in [0.4, 0.5) is 0 Å². The average Bonchev–Trinajstić information content (AvgIpc) is 2.74. The molecular formula is C14H18O7. The van der Waals surface area contributed by atoms with E-state index >= 15 is 0 Å². The minimum atomic E-state index is -1.32. The van der Waals surface area contributed by atoms with Gasteiger partial charge in [-0.1, -0.05) is 0 Å². The van der Waals surface area contributed by atoms with Crippen molar-refractivity contribution in [1.29, 1.82) is 0 Å². The predicted octanol–water partition coefficient (Wildman–Crippen LogP) is -0.710. The van der Waals surface area contributed by atoms with E-state index in [9.17, 15) is 15.0 Å². The maximum absolute atomic E-state index is 12.3. The Morgan fingerprint density at radius 3 is 2.67 bits per heavy atom. The average molecular weight is 298 g/mol. The largest absolute Gasteiger partial charge is 0.456 e. The van der Waals surface area contributed by atoms with Gasteiger partial charge in [-0.15, -0.1) is 0 Å². The zero-order valence-electron chi connectivity index (χ0n) is 12.0. The topological polar surface area (TPSA) is 97.8 Å². The Balaban J connectivity index is 1.73. The van der Waals surface area contributed by atoms with Crippen LogP contribution < -0.4 is 0 Å². The van der Waals surface area contributed by atoms with Gasteiger partial charge in [-0.3, -0.25) is 0 Å². The highest BCUT2D eigenvalue weighted by atomic mass is 17.2. The third-order valence-corrected chi connectivity index (χ3v) is 6.53. The van der Waals surface area contributed by atoms with Gasteiger partial charge in [-0.05, 0) is 20.8 Å². The van der Waals surface area contributed by atoms with E-state index in [-0.39, 0.29) is 6.10 Å². The molecule has 7 nitrogen and oxygen atoms in total. The van der Waals surface area contributed by atoms with Crippen LogP contribution in [0.2, 0.25) is 0 Å². The van der Waals surface area contributed by atoms with Gasteiger partial charge in [0.25, 0.3) is 0 Å². The van der Waals surface area contributed by atoms with Crippen LogP contribution in [0.25, 0.3) is 0 Å². The van der Waals surface area contributed by atoms with E-state index in [2.05, 4.69) is 0 Å². The number of hydrogen-bond acceptors (Lipinski definition) is 7. The quantitative estimate of drug-likeness (QED) is 0.375. The molecule has 5 fully saturated rings. The van der Waals surface area contributed by atoms with Crippen molar-refractivity contribution >= 4 is 5.97 Å². The normalized spacial score (nSPS) is 63.3. The van der Waals surface area contributed by atoms with Crippen molar-refractivity contribution in [3.8, 4) is 0 Å². The Morgan fingerprint density at radius 1 is 1.29 bits per heavy atom. The minimum Gasteiger partial charge on any atom is -0.456 e. The zero-order valence-corrected chi connectivity index (χ0v) is 12.0. The van der Waals surface area contributed by atoms with Crippen molar-refractivity contribution in [2.24, 2.45) is 11.3 Å². The van der Waals surface area contributed by atoms with Crippen molar-refractivity contribution in [2.45, 2.75) is 68.4 Å². The van der Waals surface area contributed by atoms with Crippen molar-refractivity contribution < 1.29 is 34.3 Å². The number of carbonyl (C=O) groups is 1. The molecule has 0 radical (unpaired) electrons. The smallest absolute Gasteiger partial charge is 0.342 e. The summed E-state index contributed by atoms with van der Waals surface area (Å²) < 4.78 is 11.1. The standard InChI is InChI=1S/C14H18O7/c1-11(2,16)6-7-9-12(3)13(17,8(6)21-20-7)4-5-14(12,19-5)10(15)18-9/h5-9,16-17H,4H2,1-3H3. The van der Waals surface area contributed by atoms with Crippen molar-refractivity contribution in [3.63, 3.8) is 0 Å². The first-order valence-corrected chi connectivity index (χ1v) is 7.34. The number of ether oxygens (including phenoxy) is 2. The molecule has 0 aromatic carbocycles. The minimum absolute atomic E-state index is 0.294. The number of carbonyl (C=O) groups excluding carboxylic acids is 1. The first-order valence-electron chi connectivity index (χ1n) is 7.34. The fourth-order valence-corrected chi connectivity index (χ4v) is 5.43. The van der Waals surface area contributed by atoms with E-state index in [1.165, 1.54) is 0 Å². The SMILES string of the molecule is CC(C)(O)C1C2OOC1C1(O)CC3OC34C(=O)OC2C14C. The Labute approximate surface area is 121 Å². The Kier molecular flexibility index (Phi) is 1.83. The molecule has 3 aliphatic heterocycles. The molecule has 3 heterocycles. The number of esters is 1. The molecule has 21 heavy (non-hydrogen) atoms. The summed E-state index contributed by atoms with van der Waals surface area (Å²) in [4.78, 5) is 23.1. The van der Waals surface area contributed by atoms with Gasteiger partial charge in [0.05, 0.1) is 16.9 Å². The fourth-order valence-electron chi connectivity index (χ4n) is 5.43. The lowest BCUT2D eigenvalue weighted by Gasteiger charge is -2.52. The molecule has 2 bridgehead atoms. The van der Waals surface area contributed by atoms with Crippen LogP contribution in [-0.4, -0.2) is 57.4 Å². The number of epoxide rings is 1. The molecule has 8 unspecified atom stereocenters. The molecule has 2 N–H and O–H groups in total. The molecule has 1 spiro atoms. The summed E-state index contributed by atoms with van der Waals surface area (Å²) in [6.07, 6.45) is -2.03. The Hall–Kier alpha value is -0.730. The molecule has 0 aromatic heterocycles. The third-order valence-electron chi connectivity index (χ3n) is 6.53. The van der Waals surface area contributed by atoms with Gasteiger partial charge in [-0.25, -0.2) is 14.6 Å². The Bertz CT molecular complexity index is 570. The van der Waals surface area contributed by atoms with Crippen LogP contribution in [0.5, 0.6) is 0 Å². The van der Waals surface area contributed by atoms with E-state index in [0.717, 1.165) is 0 Å². The predicted molar refractivity (Wildman–Crippen MR) is 64.7 cm³/mol. The van der Waals surface area contributed by atoms with E-state index in [4.69, 9.17) is 19.2 Å². The molecule has 0 amide bonds. The molecule has 0 aromatic rings. The van der Waals surface area contributed by atoms with Crippen LogP contribution in [0.1, 0.15) is 27.2 Å². The van der Waals surface area contributed by atoms with Gasteiger partial charge < -0.3 is 19.7 Å².